The first-order chi connectivity index (χ1) is 12.6. The van der Waals surface area contributed by atoms with E-state index in [1.807, 2.05) is 0 Å². The molecule has 148 valence electrons. The average molecular weight is 374 g/mol. The lowest BCUT2D eigenvalue weighted by atomic mass is 9.93. The van der Waals surface area contributed by atoms with E-state index in [2.05, 4.69) is 54.7 Å². The quantitative estimate of drug-likeness (QED) is 0.833. The zero-order chi connectivity index (χ0) is 20.2. The number of hydrogen-bond acceptors (Lipinski definition) is 5. The van der Waals surface area contributed by atoms with Gasteiger partial charge >= 0.3 is 0 Å². The molecule has 0 aliphatic carbocycles. The van der Waals surface area contributed by atoms with Gasteiger partial charge in [0.25, 0.3) is 5.56 Å². The Labute approximate surface area is 160 Å². The molecule has 0 radical (unpaired) electrons. The van der Waals surface area contributed by atoms with Gasteiger partial charge in [0.1, 0.15) is 0 Å². The maximum Gasteiger partial charge on any atom is 0.252 e. The standard InChI is InChI=1S/C13H16N4O2.C7H15N/c1-8(2)4-11-10(7-18)6-14-17(11)13-15-9(3)5-12(19)16-13;1-7(2)4-5-8(3)6-7/h5-8H,4H2,1-3H3,(H,15,16,19);4-6H2,1-3H3. The van der Waals surface area contributed by atoms with Crippen LogP contribution in [0.2, 0.25) is 0 Å². The number of H-pyrrole nitrogens is 1. The number of nitrogens with one attached hydrogen (secondary N) is 1. The third kappa shape index (κ3) is 5.85. The second-order valence-electron chi connectivity index (χ2n) is 8.54. The van der Waals surface area contributed by atoms with Gasteiger partial charge in [-0.15, -0.1) is 0 Å². The van der Waals surface area contributed by atoms with Crippen molar-refractivity contribution in [2.45, 2.75) is 47.5 Å². The van der Waals surface area contributed by atoms with Crippen LogP contribution in [0.3, 0.4) is 0 Å². The van der Waals surface area contributed by atoms with E-state index < -0.39 is 0 Å². The molecule has 27 heavy (non-hydrogen) atoms. The van der Waals surface area contributed by atoms with Crippen molar-refractivity contribution in [2.24, 2.45) is 11.3 Å². The first kappa shape index (κ1) is 21.0. The van der Waals surface area contributed by atoms with Crippen molar-refractivity contribution in [2.75, 3.05) is 20.1 Å². The Balaban J connectivity index is 0.000000273. The minimum absolute atomic E-state index is 0.235. The number of likely N-dealkylation sites (tertiary alicyclic amines) is 1. The van der Waals surface area contributed by atoms with Gasteiger partial charge in [-0.2, -0.15) is 5.10 Å². The summed E-state index contributed by atoms with van der Waals surface area (Å²) in [6.45, 7) is 13.1. The highest BCUT2D eigenvalue weighted by Crippen LogP contribution is 2.27. The van der Waals surface area contributed by atoms with Gasteiger partial charge in [0.05, 0.1) is 17.5 Å². The number of aldehydes is 1. The average Bonchev–Trinajstić information content (AvgIpc) is 3.08. The van der Waals surface area contributed by atoms with E-state index >= 15 is 0 Å². The Morgan fingerprint density at radius 2 is 2.07 bits per heavy atom. The molecular formula is C20H31N5O2. The SMILES string of the molecule is CN1CCC(C)(C)C1.Cc1cc(=O)[nH]c(-n2ncc(C=O)c2CC(C)C)n1. The molecule has 0 atom stereocenters. The number of carbonyl (C=O) groups excluding carboxylic acids is 1. The Bertz CT molecular complexity index is 835. The molecule has 2 aromatic heterocycles. The monoisotopic (exact) mass is 373 g/mol. The third-order valence-electron chi connectivity index (χ3n) is 4.56. The van der Waals surface area contributed by atoms with Crippen LogP contribution in [0.4, 0.5) is 0 Å². The summed E-state index contributed by atoms with van der Waals surface area (Å²) in [6.07, 6.45) is 4.32. The van der Waals surface area contributed by atoms with Crippen LogP contribution < -0.4 is 5.56 Å². The zero-order valence-electron chi connectivity index (χ0n) is 17.2. The van der Waals surface area contributed by atoms with E-state index in [-0.39, 0.29) is 5.56 Å². The molecule has 1 saturated heterocycles. The second kappa shape index (κ2) is 8.61. The molecule has 0 saturated carbocycles. The Kier molecular flexibility index (Phi) is 6.70. The van der Waals surface area contributed by atoms with Gasteiger partial charge in [0.2, 0.25) is 5.95 Å². The molecule has 1 aliphatic rings. The fourth-order valence-corrected chi connectivity index (χ4v) is 3.30. The van der Waals surface area contributed by atoms with E-state index in [1.54, 1.807) is 6.92 Å². The smallest absolute Gasteiger partial charge is 0.252 e. The molecule has 0 spiro atoms. The molecule has 1 aliphatic heterocycles. The van der Waals surface area contributed by atoms with Crippen LogP contribution in [-0.2, 0) is 6.42 Å². The molecule has 1 N–H and O–H groups in total. The summed E-state index contributed by atoms with van der Waals surface area (Å²) < 4.78 is 1.53. The number of rotatable bonds is 4. The molecule has 0 unspecified atom stereocenters. The summed E-state index contributed by atoms with van der Waals surface area (Å²) in [6, 6.07) is 1.41. The number of nitrogens with zero attached hydrogens (tertiary/aromatic N) is 4. The largest absolute Gasteiger partial charge is 0.306 e. The number of carbonyl (C=O) groups is 1. The lowest BCUT2D eigenvalue weighted by Gasteiger charge is -2.15. The van der Waals surface area contributed by atoms with E-state index in [4.69, 9.17) is 0 Å². The van der Waals surface area contributed by atoms with Crippen LogP contribution >= 0.6 is 0 Å². The van der Waals surface area contributed by atoms with Gasteiger partial charge in [-0.05, 0) is 44.7 Å². The summed E-state index contributed by atoms with van der Waals surface area (Å²) >= 11 is 0. The normalized spacial score (nSPS) is 16.3. The van der Waals surface area contributed by atoms with E-state index in [0.717, 1.165) is 12.0 Å². The van der Waals surface area contributed by atoms with Crippen LogP contribution in [0, 0.1) is 18.3 Å². The van der Waals surface area contributed by atoms with Gasteiger partial charge in [-0.25, -0.2) is 9.67 Å². The number of aromatic nitrogens is 4. The van der Waals surface area contributed by atoms with Gasteiger partial charge in [0, 0.05) is 18.3 Å². The predicted octanol–water partition coefficient (Wildman–Crippen LogP) is 2.62. The van der Waals surface area contributed by atoms with E-state index in [9.17, 15) is 9.59 Å². The lowest BCUT2D eigenvalue weighted by Crippen LogP contribution is -2.18. The number of aromatic amines is 1. The van der Waals surface area contributed by atoms with Crippen molar-refractivity contribution in [1.29, 1.82) is 0 Å². The fourth-order valence-electron chi connectivity index (χ4n) is 3.30. The summed E-state index contributed by atoms with van der Waals surface area (Å²) in [5, 5.41) is 4.15. The minimum atomic E-state index is -0.235. The molecule has 7 nitrogen and oxygen atoms in total. The van der Waals surface area contributed by atoms with Crippen LogP contribution in [-0.4, -0.2) is 51.1 Å². The molecule has 1 fully saturated rings. The number of hydrogen-bond donors (Lipinski definition) is 1. The molecule has 3 heterocycles. The van der Waals surface area contributed by atoms with Crippen LogP contribution in [0.1, 0.15) is 55.9 Å². The number of aryl methyl sites for hydroxylation is 1. The molecule has 0 aromatic carbocycles. The molecule has 0 bridgehead atoms. The summed E-state index contributed by atoms with van der Waals surface area (Å²) in [5.74, 6) is 0.708. The van der Waals surface area contributed by atoms with Gasteiger partial charge in [-0.1, -0.05) is 27.7 Å². The van der Waals surface area contributed by atoms with Crippen molar-refractivity contribution >= 4 is 6.29 Å². The molecule has 3 rings (SSSR count). The fraction of sp³-hybridized carbons (Fsp3) is 0.600. The molecular weight excluding hydrogens is 342 g/mol. The van der Waals surface area contributed by atoms with Gasteiger partial charge < -0.3 is 4.90 Å². The van der Waals surface area contributed by atoms with Crippen molar-refractivity contribution in [3.05, 3.63) is 39.6 Å². The maximum absolute atomic E-state index is 11.5. The second-order valence-corrected chi connectivity index (χ2v) is 8.54. The zero-order valence-corrected chi connectivity index (χ0v) is 17.2. The van der Waals surface area contributed by atoms with E-state index in [1.165, 1.54) is 36.5 Å². The Hall–Kier alpha value is -2.28. The van der Waals surface area contributed by atoms with Crippen LogP contribution in [0.5, 0.6) is 0 Å². The van der Waals surface area contributed by atoms with Crippen molar-refractivity contribution in [3.63, 3.8) is 0 Å². The summed E-state index contributed by atoms with van der Waals surface area (Å²) in [5.41, 5.74) is 2.25. The Morgan fingerprint density at radius 1 is 1.37 bits per heavy atom. The molecule has 2 aromatic rings. The van der Waals surface area contributed by atoms with Gasteiger partial charge in [0.15, 0.2) is 6.29 Å². The molecule has 0 amide bonds. The first-order valence-corrected chi connectivity index (χ1v) is 9.40. The predicted molar refractivity (Wildman–Crippen MR) is 107 cm³/mol. The highest BCUT2D eigenvalue weighted by molar-refractivity contribution is 5.76. The lowest BCUT2D eigenvalue weighted by molar-refractivity contribution is 0.112. The maximum atomic E-state index is 11.5. The highest BCUT2D eigenvalue weighted by atomic mass is 16.1. The van der Waals surface area contributed by atoms with Crippen LogP contribution in [0.15, 0.2) is 17.1 Å². The van der Waals surface area contributed by atoms with Crippen molar-refractivity contribution in [3.8, 4) is 5.95 Å². The van der Waals surface area contributed by atoms with Crippen molar-refractivity contribution < 1.29 is 4.79 Å². The minimum Gasteiger partial charge on any atom is -0.306 e. The first-order valence-electron chi connectivity index (χ1n) is 9.40. The summed E-state index contributed by atoms with van der Waals surface area (Å²) in [4.78, 5) is 31.8. The molecule has 7 heteroatoms. The van der Waals surface area contributed by atoms with Crippen LogP contribution in [0.25, 0.3) is 5.95 Å². The third-order valence-corrected chi connectivity index (χ3v) is 4.56. The summed E-state index contributed by atoms with van der Waals surface area (Å²) in [7, 11) is 2.19. The van der Waals surface area contributed by atoms with E-state index in [0.29, 0.717) is 35.0 Å². The topological polar surface area (TPSA) is 83.9 Å². The van der Waals surface area contributed by atoms with Gasteiger partial charge in [-0.3, -0.25) is 14.6 Å². The highest BCUT2D eigenvalue weighted by Gasteiger charge is 2.26. The Morgan fingerprint density at radius 3 is 2.52 bits per heavy atom. The van der Waals surface area contributed by atoms with Crippen molar-refractivity contribution in [1.82, 2.24) is 24.6 Å².